The van der Waals surface area contributed by atoms with Crippen molar-refractivity contribution in [1.82, 2.24) is 0 Å². The van der Waals surface area contributed by atoms with E-state index < -0.39 is 11.5 Å². The van der Waals surface area contributed by atoms with Gasteiger partial charge in [-0.1, -0.05) is 31.2 Å². The lowest BCUT2D eigenvalue weighted by Crippen LogP contribution is -2.33. The number of carbonyl (C=O) groups is 1. The molecule has 20 heavy (non-hydrogen) atoms. The molecule has 2 atom stereocenters. The Morgan fingerprint density at radius 2 is 2.00 bits per heavy atom. The lowest BCUT2D eigenvalue weighted by Gasteiger charge is -2.26. The highest BCUT2D eigenvalue weighted by Crippen LogP contribution is 2.30. The van der Waals surface area contributed by atoms with Gasteiger partial charge in [-0.25, -0.2) is 0 Å². The van der Waals surface area contributed by atoms with Crippen molar-refractivity contribution in [2.75, 3.05) is 13.0 Å². The molecular weight excluding hydrogens is 276 g/mol. The zero-order valence-corrected chi connectivity index (χ0v) is 13.1. The Hall–Kier alpha value is -1.06. The van der Waals surface area contributed by atoms with E-state index in [-0.39, 0.29) is 5.97 Å². The van der Waals surface area contributed by atoms with Gasteiger partial charge in [-0.15, -0.1) is 11.6 Å². The highest BCUT2D eigenvalue weighted by Gasteiger charge is 2.34. The van der Waals surface area contributed by atoms with Crippen LogP contribution in [0.5, 0.6) is 0 Å². The molecule has 0 spiro atoms. The second-order valence-corrected chi connectivity index (χ2v) is 5.52. The highest BCUT2D eigenvalue weighted by atomic mass is 35.5. The summed E-state index contributed by atoms with van der Waals surface area (Å²) in [5.41, 5.74) is 1.11. The topological polar surface area (TPSA) is 46.5 Å². The van der Waals surface area contributed by atoms with Gasteiger partial charge in [0, 0.05) is 5.88 Å². The van der Waals surface area contributed by atoms with Gasteiger partial charge in [0.25, 0.3) is 0 Å². The number of hydrogen-bond acceptors (Lipinski definition) is 3. The standard InChI is InChI=1S/C16H23ClO3/c1-4-16(2,15(19)20-3)13-9-7-12(8-10-13)14(18)6-5-11-17/h7-10,14,18H,4-6,11H2,1-3H3. The Labute approximate surface area is 125 Å². The lowest BCUT2D eigenvalue weighted by atomic mass is 9.79. The van der Waals surface area contributed by atoms with Crippen LogP contribution in [0.4, 0.5) is 0 Å². The van der Waals surface area contributed by atoms with Crippen molar-refractivity contribution in [2.24, 2.45) is 0 Å². The maximum Gasteiger partial charge on any atom is 0.315 e. The first-order valence-electron chi connectivity index (χ1n) is 6.92. The monoisotopic (exact) mass is 298 g/mol. The maximum absolute atomic E-state index is 11.9. The summed E-state index contributed by atoms with van der Waals surface area (Å²) in [5, 5.41) is 10.0. The number of ether oxygens (including phenoxy) is 1. The van der Waals surface area contributed by atoms with Crippen molar-refractivity contribution in [3.8, 4) is 0 Å². The van der Waals surface area contributed by atoms with E-state index in [4.69, 9.17) is 16.3 Å². The zero-order valence-electron chi connectivity index (χ0n) is 12.4. The summed E-state index contributed by atoms with van der Waals surface area (Å²) in [6, 6.07) is 7.51. The summed E-state index contributed by atoms with van der Waals surface area (Å²) in [7, 11) is 1.40. The molecule has 1 aromatic rings. The fourth-order valence-corrected chi connectivity index (χ4v) is 2.36. The first-order valence-corrected chi connectivity index (χ1v) is 7.46. The van der Waals surface area contributed by atoms with Gasteiger partial charge in [-0.2, -0.15) is 0 Å². The Kier molecular flexibility index (Phi) is 6.50. The Morgan fingerprint density at radius 1 is 1.40 bits per heavy atom. The minimum Gasteiger partial charge on any atom is -0.468 e. The van der Waals surface area contributed by atoms with Crippen LogP contribution in [0, 0.1) is 0 Å². The minimum atomic E-state index is -0.644. The molecule has 1 rings (SSSR count). The van der Waals surface area contributed by atoms with Crippen molar-refractivity contribution in [3.05, 3.63) is 35.4 Å². The zero-order chi connectivity index (χ0) is 15.2. The number of methoxy groups -OCH3 is 1. The van der Waals surface area contributed by atoms with Gasteiger partial charge in [-0.05, 0) is 37.3 Å². The van der Waals surface area contributed by atoms with E-state index in [2.05, 4.69) is 0 Å². The smallest absolute Gasteiger partial charge is 0.315 e. The molecule has 0 heterocycles. The number of carbonyl (C=O) groups excluding carboxylic acids is 1. The number of esters is 1. The fraction of sp³-hybridized carbons (Fsp3) is 0.562. The maximum atomic E-state index is 11.9. The average molecular weight is 299 g/mol. The van der Waals surface area contributed by atoms with Crippen LogP contribution in [0.15, 0.2) is 24.3 Å². The predicted octanol–water partition coefficient (Wildman–Crippen LogP) is 3.58. The van der Waals surface area contributed by atoms with Crippen LogP contribution in [-0.4, -0.2) is 24.1 Å². The molecule has 1 aromatic carbocycles. The van der Waals surface area contributed by atoms with Crippen LogP contribution in [0.2, 0.25) is 0 Å². The number of aliphatic hydroxyl groups excluding tert-OH is 1. The summed E-state index contributed by atoms with van der Waals surface area (Å²) in [4.78, 5) is 11.9. The van der Waals surface area contributed by atoms with Crippen molar-refractivity contribution in [2.45, 2.75) is 44.6 Å². The summed E-state index contributed by atoms with van der Waals surface area (Å²) in [6.45, 7) is 3.83. The van der Waals surface area contributed by atoms with Crippen molar-refractivity contribution < 1.29 is 14.6 Å². The van der Waals surface area contributed by atoms with Crippen LogP contribution < -0.4 is 0 Å². The van der Waals surface area contributed by atoms with Crippen molar-refractivity contribution >= 4 is 17.6 Å². The first kappa shape index (κ1) is 17.0. The van der Waals surface area contributed by atoms with Gasteiger partial charge in [0.15, 0.2) is 0 Å². The third kappa shape index (κ3) is 3.74. The molecule has 2 unspecified atom stereocenters. The number of hydrogen-bond donors (Lipinski definition) is 1. The van der Waals surface area contributed by atoms with Gasteiger partial charge < -0.3 is 9.84 Å². The average Bonchev–Trinajstić information content (AvgIpc) is 2.51. The molecule has 0 bridgehead atoms. The van der Waals surface area contributed by atoms with Crippen LogP contribution in [-0.2, 0) is 14.9 Å². The Bertz CT molecular complexity index is 430. The van der Waals surface area contributed by atoms with Crippen molar-refractivity contribution in [3.63, 3.8) is 0 Å². The van der Waals surface area contributed by atoms with Crippen LogP contribution in [0.25, 0.3) is 0 Å². The molecule has 0 aliphatic rings. The molecule has 3 nitrogen and oxygen atoms in total. The predicted molar refractivity (Wildman–Crippen MR) is 81.0 cm³/mol. The molecule has 0 saturated heterocycles. The SMILES string of the molecule is CCC(C)(C(=O)OC)c1ccc(C(O)CCCCl)cc1. The molecule has 0 aliphatic heterocycles. The van der Waals surface area contributed by atoms with Gasteiger partial charge >= 0.3 is 5.97 Å². The third-order valence-corrected chi connectivity index (χ3v) is 4.15. The molecule has 0 fully saturated rings. The largest absolute Gasteiger partial charge is 0.468 e. The molecule has 0 aromatic heterocycles. The molecule has 0 aliphatic carbocycles. The van der Waals surface area contributed by atoms with E-state index >= 15 is 0 Å². The van der Waals surface area contributed by atoms with Crippen LogP contribution >= 0.6 is 11.6 Å². The van der Waals surface area contributed by atoms with Crippen molar-refractivity contribution in [1.29, 1.82) is 0 Å². The molecule has 0 radical (unpaired) electrons. The van der Waals surface area contributed by atoms with Gasteiger partial charge in [0.2, 0.25) is 0 Å². The molecule has 0 saturated carbocycles. The summed E-state index contributed by atoms with van der Waals surface area (Å²) in [6.07, 6.45) is 1.58. The molecule has 112 valence electrons. The summed E-state index contributed by atoms with van der Waals surface area (Å²) < 4.78 is 4.89. The first-order chi connectivity index (χ1) is 9.49. The molecule has 0 amide bonds. The second kappa shape index (κ2) is 7.65. The number of alkyl halides is 1. The second-order valence-electron chi connectivity index (χ2n) is 5.15. The molecule has 4 heteroatoms. The third-order valence-electron chi connectivity index (χ3n) is 3.89. The number of benzene rings is 1. The number of halogens is 1. The molecular formula is C16H23ClO3. The van der Waals surface area contributed by atoms with E-state index in [1.165, 1.54) is 7.11 Å². The van der Waals surface area contributed by atoms with Crippen LogP contribution in [0.1, 0.15) is 50.3 Å². The highest BCUT2D eigenvalue weighted by molar-refractivity contribution is 6.17. The van der Waals surface area contributed by atoms with E-state index in [1.54, 1.807) is 0 Å². The van der Waals surface area contributed by atoms with E-state index in [9.17, 15) is 9.90 Å². The summed E-state index contributed by atoms with van der Waals surface area (Å²) in [5.74, 6) is 0.307. The Balaban J connectivity index is 2.92. The van der Waals surface area contributed by atoms with Gasteiger partial charge in [-0.3, -0.25) is 4.79 Å². The van der Waals surface area contributed by atoms with E-state index in [1.807, 2.05) is 38.1 Å². The minimum absolute atomic E-state index is 0.240. The van der Waals surface area contributed by atoms with Gasteiger partial charge in [0.1, 0.15) is 0 Å². The van der Waals surface area contributed by atoms with E-state index in [0.29, 0.717) is 18.7 Å². The number of rotatable bonds is 7. The summed E-state index contributed by atoms with van der Waals surface area (Å²) >= 11 is 5.63. The quantitative estimate of drug-likeness (QED) is 0.618. The lowest BCUT2D eigenvalue weighted by molar-refractivity contribution is -0.147. The normalized spacial score (nSPS) is 15.4. The fourth-order valence-electron chi connectivity index (χ4n) is 2.20. The number of aliphatic hydroxyl groups is 1. The van der Waals surface area contributed by atoms with Gasteiger partial charge in [0.05, 0.1) is 18.6 Å². The molecule has 1 N–H and O–H groups in total. The van der Waals surface area contributed by atoms with E-state index in [0.717, 1.165) is 17.5 Å². The van der Waals surface area contributed by atoms with Crippen LogP contribution in [0.3, 0.4) is 0 Å². The Morgan fingerprint density at radius 3 is 2.45 bits per heavy atom.